The van der Waals surface area contributed by atoms with Crippen LogP contribution in [0.2, 0.25) is 4.47 Å². The zero-order valence-corrected chi connectivity index (χ0v) is 13.7. The second-order valence-electron chi connectivity index (χ2n) is 5.44. The molecular weight excluding hydrogens is 348 g/mol. The SMILES string of the molecule is O=C1Nc2sc(Cl)nc2C1(c1ccc(O)cc1)c1ccc(O)cc1. The van der Waals surface area contributed by atoms with Crippen LogP contribution in [-0.2, 0) is 10.2 Å². The highest BCUT2D eigenvalue weighted by Gasteiger charge is 2.52. The summed E-state index contributed by atoms with van der Waals surface area (Å²) in [7, 11) is 0. The molecule has 0 aliphatic carbocycles. The highest BCUT2D eigenvalue weighted by molar-refractivity contribution is 7.20. The van der Waals surface area contributed by atoms with Crippen molar-refractivity contribution in [1.82, 2.24) is 4.98 Å². The fourth-order valence-electron chi connectivity index (χ4n) is 3.06. The third kappa shape index (κ3) is 2.00. The molecule has 120 valence electrons. The summed E-state index contributed by atoms with van der Waals surface area (Å²) in [6, 6.07) is 12.8. The number of nitrogens with zero attached hydrogens (tertiary/aromatic N) is 1. The Balaban J connectivity index is 2.05. The van der Waals surface area contributed by atoms with E-state index in [0.717, 1.165) is 0 Å². The molecule has 7 heteroatoms. The molecule has 24 heavy (non-hydrogen) atoms. The number of hydrogen-bond acceptors (Lipinski definition) is 5. The lowest BCUT2D eigenvalue weighted by Crippen LogP contribution is -2.37. The molecule has 0 saturated carbocycles. The topological polar surface area (TPSA) is 82.5 Å². The van der Waals surface area contributed by atoms with Gasteiger partial charge in [-0.05, 0) is 35.4 Å². The third-order valence-corrected chi connectivity index (χ3v) is 5.20. The van der Waals surface area contributed by atoms with Crippen LogP contribution in [0.5, 0.6) is 11.5 Å². The largest absolute Gasteiger partial charge is 0.508 e. The number of halogens is 1. The Kier molecular flexibility index (Phi) is 3.26. The third-order valence-electron chi connectivity index (χ3n) is 4.12. The minimum absolute atomic E-state index is 0.106. The van der Waals surface area contributed by atoms with E-state index < -0.39 is 5.41 Å². The van der Waals surface area contributed by atoms with Crippen LogP contribution in [0.15, 0.2) is 48.5 Å². The van der Waals surface area contributed by atoms with E-state index in [9.17, 15) is 15.0 Å². The summed E-state index contributed by atoms with van der Waals surface area (Å²) in [5, 5.41) is 22.6. The molecule has 1 aliphatic heterocycles. The minimum Gasteiger partial charge on any atom is -0.508 e. The number of aromatic hydroxyl groups is 2. The van der Waals surface area contributed by atoms with Crippen LogP contribution < -0.4 is 5.32 Å². The Bertz CT molecular complexity index is 890. The van der Waals surface area contributed by atoms with Crippen molar-refractivity contribution in [2.75, 3.05) is 5.32 Å². The molecule has 3 aromatic rings. The van der Waals surface area contributed by atoms with E-state index in [2.05, 4.69) is 10.3 Å². The number of hydrogen-bond donors (Lipinski definition) is 3. The molecule has 1 amide bonds. The smallest absolute Gasteiger partial charge is 0.246 e. The summed E-state index contributed by atoms with van der Waals surface area (Å²) < 4.78 is 0.335. The predicted molar refractivity (Wildman–Crippen MR) is 91.8 cm³/mol. The molecule has 0 atom stereocenters. The van der Waals surface area contributed by atoms with E-state index >= 15 is 0 Å². The molecule has 0 saturated heterocycles. The van der Waals surface area contributed by atoms with Gasteiger partial charge >= 0.3 is 0 Å². The molecule has 0 unspecified atom stereocenters. The van der Waals surface area contributed by atoms with Gasteiger partial charge in [-0.25, -0.2) is 4.98 Å². The monoisotopic (exact) mass is 358 g/mol. The molecule has 0 radical (unpaired) electrons. The van der Waals surface area contributed by atoms with E-state index in [4.69, 9.17) is 11.6 Å². The van der Waals surface area contributed by atoms with Crippen LogP contribution in [-0.4, -0.2) is 21.1 Å². The van der Waals surface area contributed by atoms with Gasteiger partial charge in [0.05, 0.1) is 0 Å². The number of carbonyl (C=O) groups excluding carboxylic acids is 1. The Morgan fingerprint density at radius 3 is 1.96 bits per heavy atom. The van der Waals surface area contributed by atoms with Crippen LogP contribution in [0.25, 0.3) is 0 Å². The highest BCUT2D eigenvalue weighted by atomic mass is 35.5. The molecule has 2 heterocycles. The Labute approximate surface area is 146 Å². The minimum atomic E-state index is -1.18. The number of anilines is 1. The molecule has 0 spiro atoms. The lowest BCUT2D eigenvalue weighted by Gasteiger charge is -2.27. The first-order valence-electron chi connectivity index (χ1n) is 7.09. The van der Waals surface area contributed by atoms with Gasteiger partial charge in [0.2, 0.25) is 5.91 Å². The average Bonchev–Trinajstić information content (AvgIpc) is 3.03. The fraction of sp³-hybridized carbons (Fsp3) is 0.0588. The van der Waals surface area contributed by atoms with Crippen molar-refractivity contribution < 1.29 is 15.0 Å². The van der Waals surface area contributed by atoms with Gasteiger partial charge in [0, 0.05) is 0 Å². The predicted octanol–water partition coefficient (Wildman–Crippen LogP) is 3.49. The number of amides is 1. The maximum absolute atomic E-state index is 13.0. The number of aromatic nitrogens is 1. The molecule has 1 aliphatic rings. The first-order chi connectivity index (χ1) is 11.5. The summed E-state index contributed by atoms with van der Waals surface area (Å²) in [6.07, 6.45) is 0. The molecule has 0 bridgehead atoms. The molecule has 3 N–H and O–H groups in total. The number of phenols is 2. The van der Waals surface area contributed by atoms with Crippen LogP contribution in [0, 0.1) is 0 Å². The molecule has 0 fully saturated rings. The van der Waals surface area contributed by atoms with Crippen molar-refractivity contribution >= 4 is 33.8 Å². The first kappa shape index (κ1) is 15.0. The van der Waals surface area contributed by atoms with Crippen LogP contribution >= 0.6 is 22.9 Å². The Hall–Kier alpha value is -2.57. The fourth-order valence-corrected chi connectivity index (χ4v) is 4.12. The zero-order valence-electron chi connectivity index (χ0n) is 12.2. The quantitative estimate of drug-likeness (QED) is 0.654. The van der Waals surface area contributed by atoms with Crippen LogP contribution in [0.1, 0.15) is 16.8 Å². The summed E-state index contributed by atoms with van der Waals surface area (Å²) in [6.45, 7) is 0. The number of fused-ring (bicyclic) bond motifs is 1. The maximum Gasteiger partial charge on any atom is 0.246 e. The summed E-state index contributed by atoms with van der Waals surface area (Å²) in [5.74, 6) is -0.0339. The van der Waals surface area contributed by atoms with Gasteiger partial charge in [0.25, 0.3) is 0 Å². The van der Waals surface area contributed by atoms with Gasteiger partial charge < -0.3 is 15.5 Å². The van der Waals surface area contributed by atoms with E-state index in [1.165, 1.54) is 35.6 Å². The van der Waals surface area contributed by atoms with Gasteiger partial charge in [-0.15, -0.1) is 0 Å². The Morgan fingerprint density at radius 1 is 0.958 bits per heavy atom. The second kappa shape index (κ2) is 5.22. The van der Waals surface area contributed by atoms with Crippen molar-refractivity contribution in [2.24, 2.45) is 0 Å². The molecule has 1 aromatic heterocycles. The summed E-state index contributed by atoms with van der Waals surface area (Å²) in [4.78, 5) is 17.4. The van der Waals surface area contributed by atoms with Crippen molar-refractivity contribution in [2.45, 2.75) is 5.41 Å². The standard InChI is InChI=1S/C17H11ClN2O3S/c18-16-19-13-14(24-16)20-15(23)17(13,9-1-5-11(21)6-2-9)10-3-7-12(22)8-4-10/h1-8,21-22H,(H,20,23). The molecule has 5 nitrogen and oxygen atoms in total. The lowest BCUT2D eigenvalue weighted by atomic mass is 9.73. The number of rotatable bonds is 2. The van der Waals surface area contributed by atoms with Crippen LogP contribution in [0.4, 0.5) is 5.00 Å². The van der Waals surface area contributed by atoms with E-state index in [0.29, 0.717) is 26.3 Å². The summed E-state index contributed by atoms with van der Waals surface area (Å²) >= 11 is 7.26. The summed E-state index contributed by atoms with van der Waals surface area (Å²) in [5.41, 5.74) is 0.660. The maximum atomic E-state index is 13.0. The van der Waals surface area contributed by atoms with Crippen molar-refractivity contribution in [1.29, 1.82) is 0 Å². The second-order valence-corrected chi connectivity index (χ2v) is 7.02. The number of benzene rings is 2. The number of carbonyl (C=O) groups is 1. The molecular formula is C17H11ClN2O3S. The highest BCUT2D eigenvalue weighted by Crippen LogP contribution is 2.50. The number of phenolic OH excluding ortho intramolecular Hbond substituents is 2. The van der Waals surface area contributed by atoms with E-state index in [-0.39, 0.29) is 17.4 Å². The molecule has 2 aromatic carbocycles. The van der Waals surface area contributed by atoms with Gasteiger partial charge in [-0.1, -0.05) is 47.2 Å². The average molecular weight is 359 g/mol. The molecule has 4 rings (SSSR count). The van der Waals surface area contributed by atoms with Crippen molar-refractivity contribution in [3.63, 3.8) is 0 Å². The van der Waals surface area contributed by atoms with Crippen molar-refractivity contribution in [3.05, 3.63) is 69.8 Å². The zero-order chi connectivity index (χ0) is 16.9. The van der Waals surface area contributed by atoms with Gasteiger partial charge in [0.15, 0.2) is 4.47 Å². The van der Waals surface area contributed by atoms with E-state index in [1.807, 2.05) is 0 Å². The van der Waals surface area contributed by atoms with E-state index in [1.54, 1.807) is 24.3 Å². The Morgan fingerprint density at radius 2 is 1.46 bits per heavy atom. The normalized spacial score (nSPS) is 15.1. The van der Waals surface area contributed by atoms with Crippen LogP contribution in [0.3, 0.4) is 0 Å². The van der Waals surface area contributed by atoms with Gasteiger partial charge in [-0.2, -0.15) is 0 Å². The number of nitrogens with one attached hydrogen (secondary N) is 1. The number of thiazole rings is 1. The van der Waals surface area contributed by atoms with Gasteiger partial charge in [-0.3, -0.25) is 4.79 Å². The first-order valence-corrected chi connectivity index (χ1v) is 8.28. The van der Waals surface area contributed by atoms with Crippen molar-refractivity contribution in [3.8, 4) is 11.5 Å². The van der Waals surface area contributed by atoms with Gasteiger partial charge in [0.1, 0.15) is 27.6 Å². The lowest BCUT2D eigenvalue weighted by molar-refractivity contribution is -0.118.